The predicted octanol–water partition coefficient (Wildman–Crippen LogP) is 13.5. The summed E-state index contributed by atoms with van der Waals surface area (Å²) in [6.07, 6.45) is 0. The molecule has 4 nitrogen and oxygen atoms in total. The highest BCUT2D eigenvalue weighted by Crippen LogP contribution is 2.54. The molecular weight excluding hydrogens is 731 g/mol. The maximum absolute atomic E-state index is 7.05. The topological polar surface area (TPSA) is 41.6 Å². The zero-order valence-corrected chi connectivity index (χ0v) is 33.2. The molecule has 2 aliphatic heterocycles. The first-order valence-corrected chi connectivity index (χ1v) is 20.8. The highest BCUT2D eigenvalue weighted by Gasteiger charge is 2.42. The molecular formula is C55H37BN2O2. The van der Waals surface area contributed by atoms with Crippen LogP contribution in [0.25, 0.3) is 76.9 Å². The largest absolute Gasteiger partial charge is 0.455 e. The number of fused-ring (bicyclic) bond motifs is 11. The van der Waals surface area contributed by atoms with E-state index in [1.807, 2.05) is 12.1 Å². The highest BCUT2D eigenvalue weighted by molar-refractivity contribution is 6.74. The Balaban J connectivity index is 1.13. The van der Waals surface area contributed by atoms with Gasteiger partial charge in [0.05, 0.1) is 11.4 Å². The first kappa shape index (κ1) is 33.5. The first-order chi connectivity index (χ1) is 29.5. The van der Waals surface area contributed by atoms with Gasteiger partial charge in [-0.1, -0.05) is 147 Å². The molecule has 0 fully saturated rings. The SMILES string of the molecule is CC1(C)c2cc3ccccc3cc2N2c3cc4c(oc5ccccc54)c(-c4cc(-c5ccccc5)ccc4Nc4cccc5c4oc4ccccc45)c3Bc3cccc1c32. The van der Waals surface area contributed by atoms with Crippen LogP contribution in [0.4, 0.5) is 28.4 Å². The first-order valence-electron chi connectivity index (χ1n) is 20.8. The van der Waals surface area contributed by atoms with E-state index in [1.54, 1.807) is 0 Å². The van der Waals surface area contributed by atoms with E-state index in [9.17, 15) is 0 Å². The van der Waals surface area contributed by atoms with Crippen molar-refractivity contribution in [1.82, 2.24) is 0 Å². The van der Waals surface area contributed by atoms with Crippen LogP contribution in [-0.4, -0.2) is 7.28 Å². The molecule has 282 valence electrons. The van der Waals surface area contributed by atoms with Gasteiger partial charge in [0.15, 0.2) is 12.9 Å². The zero-order valence-electron chi connectivity index (χ0n) is 33.2. The summed E-state index contributed by atoms with van der Waals surface area (Å²) in [5.41, 5.74) is 18.5. The van der Waals surface area contributed by atoms with E-state index in [2.05, 4.69) is 188 Å². The van der Waals surface area contributed by atoms with Crippen LogP contribution in [0.3, 0.4) is 0 Å². The van der Waals surface area contributed by atoms with Gasteiger partial charge >= 0.3 is 0 Å². The molecule has 0 aliphatic carbocycles. The molecule has 0 unspecified atom stereocenters. The summed E-state index contributed by atoms with van der Waals surface area (Å²) >= 11 is 0. The van der Waals surface area contributed by atoms with Crippen LogP contribution in [0.5, 0.6) is 0 Å². The second-order valence-electron chi connectivity index (χ2n) is 16.9. The van der Waals surface area contributed by atoms with Gasteiger partial charge in [0.2, 0.25) is 0 Å². The Labute approximate surface area is 347 Å². The number of nitrogens with zero attached hydrogens (tertiary/aromatic N) is 1. The molecule has 5 heteroatoms. The monoisotopic (exact) mass is 768 g/mol. The lowest BCUT2D eigenvalue weighted by Gasteiger charge is -2.46. The second-order valence-corrected chi connectivity index (χ2v) is 16.9. The van der Waals surface area contributed by atoms with Crippen LogP contribution >= 0.6 is 0 Å². The van der Waals surface area contributed by atoms with Gasteiger partial charge in [-0.25, -0.2) is 0 Å². The van der Waals surface area contributed by atoms with Gasteiger partial charge in [-0.2, -0.15) is 0 Å². The third-order valence-electron chi connectivity index (χ3n) is 13.2. The maximum Gasteiger partial charge on any atom is 0.198 e. The summed E-state index contributed by atoms with van der Waals surface area (Å²) in [7, 11) is 0.754. The molecule has 0 bridgehead atoms. The van der Waals surface area contributed by atoms with Crippen molar-refractivity contribution in [2.24, 2.45) is 0 Å². The van der Waals surface area contributed by atoms with E-state index in [-0.39, 0.29) is 5.41 Å². The van der Waals surface area contributed by atoms with Crippen LogP contribution in [-0.2, 0) is 5.41 Å². The summed E-state index contributed by atoms with van der Waals surface area (Å²) in [4.78, 5) is 2.57. The number of furan rings is 2. The Morgan fingerprint density at radius 1 is 0.500 bits per heavy atom. The van der Waals surface area contributed by atoms with Gasteiger partial charge in [0.25, 0.3) is 0 Å². The van der Waals surface area contributed by atoms with Crippen molar-refractivity contribution in [3.8, 4) is 22.3 Å². The Kier molecular flexibility index (Phi) is 6.84. The Morgan fingerprint density at radius 2 is 1.18 bits per heavy atom. The molecule has 0 amide bonds. The molecule has 60 heavy (non-hydrogen) atoms. The Bertz CT molecular complexity index is 3600. The number of benzene rings is 9. The molecule has 0 saturated heterocycles. The van der Waals surface area contributed by atoms with Crippen molar-refractivity contribution in [3.63, 3.8) is 0 Å². The lowest BCUT2D eigenvalue weighted by Crippen LogP contribution is -2.45. The Hall–Kier alpha value is -7.50. The molecule has 0 saturated carbocycles. The average Bonchev–Trinajstić information content (AvgIpc) is 3.86. The summed E-state index contributed by atoms with van der Waals surface area (Å²) in [6.45, 7) is 4.77. The molecule has 0 spiro atoms. The van der Waals surface area contributed by atoms with E-state index >= 15 is 0 Å². The summed E-state index contributed by atoms with van der Waals surface area (Å²) in [5.74, 6) is 0. The fourth-order valence-corrected chi connectivity index (χ4v) is 10.3. The number of hydrogen-bond donors (Lipinski definition) is 1. The van der Waals surface area contributed by atoms with Crippen molar-refractivity contribution in [2.75, 3.05) is 10.2 Å². The quantitative estimate of drug-likeness (QED) is 0.181. The van der Waals surface area contributed by atoms with Crippen LogP contribution < -0.4 is 21.1 Å². The van der Waals surface area contributed by atoms with Crippen molar-refractivity contribution in [3.05, 3.63) is 187 Å². The number of para-hydroxylation sites is 4. The zero-order chi connectivity index (χ0) is 39.7. The summed E-state index contributed by atoms with van der Waals surface area (Å²) in [5, 5.41) is 10.8. The van der Waals surface area contributed by atoms with Crippen molar-refractivity contribution >= 4 is 101 Å². The lowest BCUT2D eigenvalue weighted by molar-refractivity contribution is 0.633. The maximum atomic E-state index is 7.05. The van der Waals surface area contributed by atoms with E-state index in [0.29, 0.717) is 0 Å². The van der Waals surface area contributed by atoms with E-state index in [0.717, 1.165) is 84.8 Å². The summed E-state index contributed by atoms with van der Waals surface area (Å²) < 4.78 is 13.6. The Morgan fingerprint density at radius 3 is 2.00 bits per heavy atom. The van der Waals surface area contributed by atoms with Crippen molar-refractivity contribution in [2.45, 2.75) is 19.3 Å². The normalized spacial score (nSPS) is 13.7. The minimum absolute atomic E-state index is 0.202. The minimum Gasteiger partial charge on any atom is -0.455 e. The van der Waals surface area contributed by atoms with Crippen molar-refractivity contribution in [1.29, 1.82) is 0 Å². The number of rotatable bonds is 4. The van der Waals surface area contributed by atoms with Gasteiger partial charge in [0, 0.05) is 55.1 Å². The summed E-state index contributed by atoms with van der Waals surface area (Å²) in [6, 6.07) is 63.5. The molecule has 11 aromatic rings. The third kappa shape index (κ3) is 4.69. The van der Waals surface area contributed by atoms with E-state index < -0.39 is 0 Å². The van der Waals surface area contributed by atoms with Crippen molar-refractivity contribution < 1.29 is 8.83 Å². The second kappa shape index (κ2) is 12.3. The molecule has 0 atom stereocenters. The molecule has 2 aliphatic rings. The van der Waals surface area contributed by atoms with E-state index in [1.165, 1.54) is 49.9 Å². The number of nitrogens with one attached hydrogen (secondary N) is 1. The van der Waals surface area contributed by atoms with Crippen LogP contribution in [0.15, 0.2) is 185 Å². The van der Waals surface area contributed by atoms with Gasteiger partial charge in [-0.15, -0.1) is 0 Å². The molecule has 2 aromatic heterocycles. The third-order valence-corrected chi connectivity index (χ3v) is 13.2. The van der Waals surface area contributed by atoms with Crippen LogP contribution in [0.2, 0.25) is 0 Å². The predicted molar refractivity (Wildman–Crippen MR) is 252 cm³/mol. The number of hydrogen-bond acceptors (Lipinski definition) is 4. The lowest BCUT2D eigenvalue weighted by atomic mass is 9.55. The van der Waals surface area contributed by atoms with Gasteiger partial charge in [-0.3, -0.25) is 0 Å². The molecule has 13 rings (SSSR count). The minimum atomic E-state index is -0.202. The van der Waals surface area contributed by atoms with Crippen LogP contribution in [0.1, 0.15) is 25.0 Å². The van der Waals surface area contributed by atoms with Gasteiger partial charge in [-0.05, 0) is 87.0 Å². The smallest absolute Gasteiger partial charge is 0.198 e. The molecule has 1 N–H and O–H groups in total. The van der Waals surface area contributed by atoms with Crippen LogP contribution in [0, 0.1) is 0 Å². The number of anilines is 5. The van der Waals surface area contributed by atoms with E-state index in [4.69, 9.17) is 8.83 Å². The molecule has 0 radical (unpaired) electrons. The fraction of sp³-hybridized carbons (Fsp3) is 0.0545. The average molecular weight is 769 g/mol. The fourth-order valence-electron chi connectivity index (χ4n) is 10.3. The van der Waals surface area contributed by atoms with Gasteiger partial charge in [0.1, 0.15) is 16.7 Å². The standard InChI is InChI=1S/C55H37BN2O2/c1-55(2)41-21-13-22-43-52(41)58(46-30-34-17-7-6-16-33(34)29-42(46)55)47-31-39-37-19-9-11-25-49(37)60-54(39)50(51(47)56-43)40-28-35(32-14-4-3-5-15-32)26-27-44(40)57-45-23-12-20-38-36-18-8-10-24-48(36)59-53(38)45/h3-31,56-57H,1-2H3. The molecule has 9 aromatic carbocycles. The molecule has 4 heterocycles. The van der Waals surface area contributed by atoms with Gasteiger partial charge < -0.3 is 19.1 Å². The highest BCUT2D eigenvalue weighted by atomic mass is 16.3.